The highest BCUT2D eigenvalue weighted by Crippen LogP contribution is 2.22. The van der Waals surface area contributed by atoms with E-state index in [-0.39, 0.29) is 11.4 Å². The summed E-state index contributed by atoms with van der Waals surface area (Å²) in [5, 5.41) is 2.78. The summed E-state index contributed by atoms with van der Waals surface area (Å²) in [5.41, 5.74) is 1.81. The van der Waals surface area contributed by atoms with Crippen LogP contribution in [-0.2, 0) is 16.6 Å². The van der Waals surface area contributed by atoms with Crippen molar-refractivity contribution >= 4 is 31.8 Å². The molecule has 2 aromatic heterocycles. The lowest BCUT2D eigenvalue weighted by molar-refractivity contribution is 0.581. The van der Waals surface area contributed by atoms with E-state index < -0.39 is 10.0 Å². The highest BCUT2D eigenvalue weighted by molar-refractivity contribution is 9.10. The van der Waals surface area contributed by atoms with Crippen molar-refractivity contribution in [2.45, 2.75) is 18.4 Å². The number of aromatic nitrogens is 2. The molecule has 6 nitrogen and oxygen atoms in total. The molecule has 2 rings (SSSR count). The van der Waals surface area contributed by atoms with E-state index in [0.717, 1.165) is 11.1 Å². The Morgan fingerprint density at radius 2 is 2.10 bits per heavy atom. The molecule has 0 amide bonds. The molecule has 0 atom stereocenters. The molecule has 112 valence electrons. The first-order valence-corrected chi connectivity index (χ1v) is 8.44. The maximum Gasteiger partial charge on any atom is 0.244 e. The van der Waals surface area contributed by atoms with Gasteiger partial charge in [0.05, 0.1) is 0 Å². The average molecular weight is 371 g/mol. The van der Waals surface area contributed by atoms with Crippen LogP contribution < -0.4 is 10.0 Å². The first kappa shape index (κ1) is 15.9. The minimum absolute atomic E-state index is 0.103. The lowest BCUT2D eigenvalue weighted by Crippen LogP contribution is -2.24. The fraction of sp³-hybridized carbons (Fsp3) is 0.231. The van der Waals surface area contributed by atoms with Crippen LogP contribution in [0.3, 0.4) is 0 Å². The largest absolute Gasteiger partial charge is 0.372 e. The van der Waals surface area contributed by atoms with Crippen LogP contribution in [0.1, 0.15) is 11.1 Å². The Morgan fingerprint density at radius 1 is 1.33 bits per heavy atom. The van der Waals surface area contributed by atoms with Gasteiger partial charge in [0.15, 0.2) is 0 Å². The van der Waals surface area contributed by atoms with Gasteiger partial charge in [0.25, 0.3) is 0 Å². The van der Waals surface area contributed by atoms with E-state index in [1.165, 1.54) is 12.3 Å². The Balaban J connectivity index is 2.27. The maximum atomic E-state index is 12.4. The fourth-order valence-electron chi connectivity index (χ4n) is 1.76. The van der Waals surface area contributed by atoms with Crippen molar-refractivity contribution in [2.75, 3.05) is 12.4 Å². The number of halogens is 1. The second-order valence-corrected chi connectivity index (χ2v) is 7.03. The fourth-order valence-corrected chi connectivity index (χ4v) is 3.44. The zero-order chi connectivity index (χ0) is 15.5. The summed E-state index contributed by atoms with van der Waals surface area (Å²) in [6.07, 6.45) is 4.87. The second kappa shape index (κ2) is 6.50. The molecule has 8 heteroatoms. The summed E-state index contributed by atoms with van der Waals surface area (Å²) in [5.74, 6) is 0.303. The van der Waals surface area contributed by atoms with Gasteiger partial charge >= 0.3 is 0 Å². The Bertz CT molecular complexity index is 750. The molecule has 21 heavy (non-hydrogen) atoms. The van der Waals surface area contributed by atoms with E-state index in [2.05, 4.69) is 35.9 Å². The first-order valence-electron chi connectivity index (χ1n) is 6.16. The molecule has 0 saturated heterocycles. The van der Waals surface area contributed by atoms with Crippen molar-refractivity contribution in [1.29, 1.82) is 0 Å². The van der Waals surface area contributed by atoms with Crippen molar-refractivity contribution in [1.82, 2.24) is 14.7 Å². The molecular formula is C13H15BrN4O2S. The third kappa shape index (κ3) is 3.78. The van der Waals surface area contributed by atoms with E-state index in [1.54, 1.807) is 25.5 Å². The van der Waals surface area contributed by atoms with Crippen LogP contribution >= 0.6 is 15.9 Å². The summed E-state index contributed by atoms with van der Waals surface area (Å²) in [6.45, 7) is 2.09. The quantitative estimate of drug-likeness (QED) is 0.841. The van der Waals surface area contributed by atoms with Crippen LogP contribution in [0.4, 0.5) is 5.82 Å². The summed E-state index contributed by atoms with van der Waals surface area (Å²) < 4.78 is 28.0. The minimum atomic E-state index is -3.67. The van der Waals surface area contributed by atoms with Crippen LogP contribution in [0.2, 0.25) is 0 Å². The van der Waals surface area contributed by atoms with E-state index in [4.69, 9.17) is 0 Å². The van der Waals surface area contributed by atoms with Gasteiger partial charge in [-0.15, -0.1) is 0 Å². The number of hydrogen-bond acceptors (Lipinski definition) is 5. The number of sulfonamides is 1. The zero-order valence-electron chi connectivity index (χ0n) is 11.6. The SMILES string of the molecule is CNc1ncc(Br)cc1S(=O)(=O)NCc1ccncc1C. The van der Waals surface area contributed by atoms with Crippen LogP contribution in [0.25, 0.3) is 0 Å². The van der Waals surface area contributed by atoms with Gasteiger partial charge in [0.2, 0.25) is 10.0 Å². The van der Waals surface area contributed by atoms with Crippen molar-refractivity contribution in [3.05, 3.63) is 46.3 Å². The first-order chi connectivity index (χ1) is 9.94. The van der Waals surface area contributed by atoms with Crippen molar-refractivity contribution in [3.8, 4) is 0 Å². The molecule has 0 aliphatic heterocycles. The number of rotatable bonds is 5. The number of aryl methyl sites for hydroxylation is 1. The van der Waals surface area contributed by atoms with Crippen LogP contribution in [-0.4, -0.2) is 25.4 Å². The molecule has 0 bridgehead atoms. The van der Waals surface area contributed by atoms with Gasteiger partial charge in [-0.05, 0) is 46.1 Å². The molecule has 0 fully saturated rings. The highest BCUT2D eigenvalue weighted by atomic mass is 79.9. The van der Waals surface area contributed by atoms with E-state index >= 15 is 0 Å². The third-order valence-corrected chi connectivity index (χ3v) is 4.78. The maximum absolute atomic E-state index is 12.4. The molecule has 2 aromatic rings. The molecule has 0 spiro atoms. The number of nitrogens with one attached hydrogen (secondary N) is 2. The predicted molar refractivity (Wildman–Crippen MR) is 84.5 cm³/mol. The number of anilines is 1. The third-order valence-electron chi connectivity index (χ3n) is 2.93. The van der Waals surface area contributed by atoms with Gasteiger partial charge < -0.3 is 5.32 Å². The molecule has 0 radical (unpaired) electrons. The van der Waals surface area contributed by atoms with Gasteiger partial charge in [0.1, 0.15) is 10.7 Å². The number of hydrogen-bond donors (Lipinski definition) is 2. The smallest absolute Gasteiger partial charge is 0.244 e. The standard InChI is InChI=1S/C13H15BrN4O2S/c1-9-6-16-4-3-10(9)7-18-21(19,20)12-5-11(14)8-17-13(12)15-2/h3-6,8,18H,7H2,1-2H3,(H,15,17). The normalized spacial score (nSPS) is 11.4. The zero-order valence-corrected chi connectivity index (χ0v) is 14.0. The lowest BCUT2D eigenvalue weighted by Gasteiger charge is -2.11. The molecule has 2 heterocycles. The second-order valence-electron chi connectivity index (χ2n) is 4.38. The Labute approximate surface area is 132 Å². The van der Waals surface area contributed by atoms with Gasteiger partial charge in [0, 0.05) is 36.7 Å². The Morgan fingerprint density at radius 3 is 2.76 bits per heavy atom. The molecule has 0 saturated carbocycles. The lowest BCUT2D eigenvalue weighted by atomic mass is 10.2. The molecule has 0 aromatic carbocycles. The summed E-state index contributed by atoms with van der Waals surface area (Å²) >= 11 is 3.23. The van der Waals surface area contributed by atoms with Crippen molar-refractivity contribution in [3.63, 3.8) is 0 Å². The summed E-state index contributed by atoms with van der Waals surface area (Å²) in [7, 11) is -2.04. The van der Waals surface area contributed by atoms with E-state index in [0.29, 0.717) is 10.3 Å². The van der Waals surface area contributed by atoms with Crippen LogP contribution in [0.5, 0.6) is 0 Å². The van der Waals surface area contributed by atoms with Gasteiger partial charge in [-0.25, -0.2) is 18.1 Å². The molecular weight excluding hydrogens is 356 g/mol. The Kier molecular flexibility index (Phi) is 4.92. The van der Waals surface area contributed by atoms with Gasteiger partial charge in [-0.1, -0.05) is 0 Å². The predicted octanol–water partition coefficient (Wildman–Crippen LogP) is 2.07. The Hall–Kier alpha value is -1.51. The van der Waals surface area contributed by atoms with E-state index in [9.17, 15) is 8.42 Å². The van der Waals surface area contributed by atoms with E-state index in [1.807, 2.05) is 6.92 Å². The molecule has 2 N–H and O–H groups in total. The monoisotopic (exact) mass is 370 g/mol. The highest BCUT2D eigenvalue weighted by Gasteiger charge is 2.19. The number of nitrogens with zero attached hydrogens (tertiary/aromatic N) is 2. The minimum Gasteiger partial charge on any atom is -0.372 e. The molecule has 0 aliphatic carbocycles. The molecule has 0 aliphatic rings. The van der Waals surface area contributed by atoms with Gasteiger partial charge in [-0.2, -0.15) is 0 Å². The van der Waals surface area contributed by atoms with Crippen molar-refractivity contribution in [2.24, 2.45) is 0 Å². The topological polar surface area (TPSA) is 84.0 Å². The number of pyridine rings is 2. The van der Waals surface area contributed by atoms with Crippen LogP contribution in [0, 0.1) is 6.92 Å². The summed E-state index contributed by atoms with van der Waals surface area (Å²) in [6, 6.07) is 3.30. The van der Waals surface area contributed by atoms with Crippen molar-refractivity contribution < 1.29 is 8.42 Å². The average Bonchev–Trinajstić information content (AvgIpc) is 2.46. The van der Waals surface area contributed by atoms with Crippen LogP contribution in [0.15, 0.2) is 40.1 Å². The summed E-state index contributed by atoms with van der Waals surface area (Å²) in [4.78, 5) is 8.13. The molecule has 0 unspecified atom stereocenters. The van der Waals surface area contributed by atoms with Gasteiger partial charge in [-0.3, -0.25) is 4.98 Å².